The van der Waals surface area contributed by atoms with E-state index in [1.807, 2.05) is 13.8 Å². The fourth-order valence-corrected chi connectivity index (χ4v) is 0.557. The summed E-state index contributed by atoms with van der Waals surface area (Å²) in [5.41, 5.74) is 5.29. The van der Waals surface area contributed by atoms with Gasteiger partial charge >= 0.3 is 0 Å². The van der Waals surface area contributed by atoms with Gasteiger partial charge in [-0.15, -0.1) is 10.2 Å². The standard InChI is InChI=1S/C6H10N4/c1-4(2)6-8-3-5(7)9-10-6/h3-4H,1-2H3,(H2,7,9). The first-order valence-corrected chi connectivity index (χ1v) is 3.15. The van der Waals surface area contributed by atoms with Crippen molar-refractivity contribution in [2.24, 2.45) is 0 Å². The van der Waals surface area contributed by atoms with Crippen molar-refractivity contribution >= 4 is 5.82 Å². The van der Waals surface area contributed by atoms with Gasteiger partial charge in [-0.1, -0.05) is 13.8 Å². The van der Waals surface area contributed by atoms with Gasteiger partial charge in [-0.05, 0) is 0 Å². The molecule has 4 heteroatoms. The molecule has 0 saturated heterocycles. The van der Waals surface area contributed by atoms with Crippen molar-refractivity contribution in [1.82, 2.24) is 15.2 Å². The smallest absolute Gasteiger partial charge is 0.164 e. The van der Waals surface area contributed by atoms with Crippen molar-refractivity contribution < 1.29 is 0 Å². The van der Waals surface area contributed by atoms with Crippen LogP contribution in [0.15, 0.2) is 6.20 Å². The molecule has 0 spiro atoms. The molecule has 0 fully saturated rings. The van der Waals surface area contributed by atoms with Gasteiger partial charge in [0, 0.05) is 5.92 Å². The number of hydrogen-bond acceptors (Lipinski definition) is 4. The molecule has 0 unspecified atom stereocenters. The molecule has 1 aromatic heterocycles. The molecule has 0 aliphatic heterocycles. The van der Waals surface area contributed by atoms with Crippen molar-refractivity contribution in [3.05, 3.63) is 12.0 Å². The quantitative estimate of drug-likeness (QED) is 0.616. The van der Waals surface area contributed by atoms with Gasteiger partial charge < -0.3 is 5.73 Å². The van der Waals surface area contributed by atoms with Crippen LogP contribution >= 0.6 is 0 Å². The fourth-order valence-electron chi connectivity index (χ4n) is 0.557. The average molecular weight is 138 g/mol. The Hall–Kier alpha value is -1.19. The largest absolute Gasteiger partial charge is 0.381 e. The predicted octanol–water partition coefficient (Wildman–Crippen LogP) is 0.577. The first-order valence-electron chi connectivity index (χ1n) is 3.15. The molecule has 0 saturated carbocycles. The van der Waals surface area contributed by atoms with Crippen LogP contribution in [0.25, 0.3) is 0 Å². The molecule has 0 aliphatic rings. The molecule has 0 aromatic carbocycles. The van der Waals surface area contributed by atoms with E-state index in [0.717, 1.165) is 5.82 Å². The summed E-state index contributed by atoms with van der Waals surface area (Å²) in [6.45, 7) is 4.01. The maximum atomic E-state index is 5.29. The minimum absolute atomic E-state index is 0.313. The van der Waals surface area contributed by atoms with Gasteiger partial charge in [0.15, 0.2) is 11.6 Å². The zero-order valence-corrected chi connectivity index (χ0v) is 6.07. The Bertz CT molecular complexity index is 203. The molecule has 0 aliphatic carbocycles. The summed E-state index contributed by atoms with van der Waals surface area (Å²) < 4.78 is 0. The van der Waals surface area contributed by atoms with E-state index in [9.17, 15) is 0 Å². The highest BCUT2D eigenvalue weighted by Gasteiger charge is 2.00. The summed E-state index contributed by atoms with van der Waals surface area (Å²) in [5.74, 6) is 1.41. The van der Waals surface area contributed by atoms with E-state index in [4.69, 9.17) is 5.73 Å². The van der Waals surface area contributed by atoms with Crippen LogP contribution in [0.2, 0.25) is 0 Å². The molecular formula is C6H10N4. The Morgan fingerprint density at radius 1 is 1.40 bits per heavy atom. The van der Waals surface area contributed by atoms with E-state index in [1.54, 1.807) is 0 Å². The van der Waals surface area contributed by atoms with E-state index >= 15 is 0 Å². The van der Waals surface area contributed by atoms with E-state index in [0.29, 0.717) is 11.7 Å². The third kappa shape index (κ3) is 1.40. The lowest BCUT2D eigenvalue weighted by atomic mass is 10.2. The number of nitrogens with two attached hydrogens (primary N) is 1. The normalized spacial score (nSPS) is 10.3. The zero-order valence-electron chi connectivity index (χ0n) is 6.07. The highest BCUT2D eigenvalue weighted by molar-refractivity contribution is 5.19. The zero-order chi connectivity index (χ0) is 7.56. The van der Waals surface area contributed by atoms with Crippen LogP contribution in [0, 0.1) is 0 Å². The van der Waals surface area contributed by atoms with Crippen LogP contribution in [0.5, 0.6) is 0 Å². The number of anilines is 1. The summed E-state index contributed by atoms with van der Waals surface area (Å²) in [6, 6.07) is 0. The van der Waals surface area contributed by atoms with Crippen LogP contribution in [-0.2, 0) is 0 Å². The maximum Gasteiger partial charge on any atom is 0.164 e. The van der Waals surface area contributed by atoms with Crippen LogP contribution in [0.3, 0.4) is 0 Å². The van der Waals surface area contributed by atoms with Gasteiger partial charge in [-0.2, -0.15) is 0 Å². The van der Waals surface area contributed by atoms with Crippen LogP contribution in [-0.4, -0.2) is 15.2 Å². The Labute approximate surface area is 59.5 Å². The Morgan fingerprint density at radius 2 is 2.10 bits per heavy atom. The highest BCUT2D eigenvalue weighted by atomic mass is 15.2. The van der Waals surface area contributed by atoms with Crippen LogP contribution in [0.1, 0.15) is 25.6 Å². The molecule has 0 radical (unpaired) electrons. The number of aromatic nitrogens is 3. The summed E-state index contributed by atoms with van der Waals surface area (Å²) in [7, 11) is 0. The summed E-state index contributed by atoms with van der Waals surface area (Å²) >= 11 is 0. The highest BCUT2D eigenvalue weighted by Crippen LogP contribution is 2.05. The van der Waals surface area contributed by atoms with E-state index in [2.05, 4.69) is 15.2 Å². The second-order valence-corrected chi connectivity index (χ2v) is 2.40. The number of nitrogen functional groups attached to an aromatic ring is 1. The average Bonchev–Trinajstić information content (AvgIpc) is 1.88. The minimum atomic E-state index is 0.313. The molecule has 1 aromatic rings. The Morgan fingerprint density at radius 3 is 2.50 bits per heavy atom. The lowest BCUT2D eigenvalue weighted by Gasteiger charge is -1.99. The second kappa shape index (κ2) is 2.60. The Kier molecular flexibility index (Phi) is 1.80. The first kappa shape index (κ1) is 6.92. The number of rotatable bonds is 1. The molecular weight excluding hydrogens is 128 g/mol. The van der Waals surface area contributed by atoms with Gasteiger partial charge in [0.2, 0.25) is 0 Å². The number of nitrogens with zero attached hydrogens (tertiary/aromatic N) is 3. The molecule has 0 atom stereocenters. The van der Waals surface area contributed by atoms with Crippen molar-refractivity contribution in [3.63, 3.8) is 0 Å². The Balaban J connectivity index is 2.89. The third-order valence-electron chi connectivity index (χ3n) is 1.11. The van der Waals surface area contributed by atoms with Crippen molar-refractivity contribution in [2.45, 2.75) is 19.8 Å². The molecule has 1 heterocycles. The monoisotopic (exact) mass is 138 g/mol. The van der Waals surface area contributed by atoms with Crippen molar-refractivity contribution in [2.75, 3.05) is 5.73 Å². The SMILES string of the molecule is CC(C)c1ncc(N)nn1. The summed E-state index contributed by atoms with van der Waals surface area (Å²) in [5, 5.41) is 7.46. The topological polar surface area (TPSA) is 64.7 Å². The van der Waals surface area contributed by atoms with E-state index < -0.39 is 0 Å². The van der Waals surface area contributed by atoms with Gasteiger partial charge in [0.25, 0.3) is 0 Å². The predicted molar refractivity (Wildman–Crippen MR) is 38.3 cm³/mol. The molecule has 0 amide bonds. The maximum absolute atomic E-state index is 5.29. The molecule has 10 heavy (non-hydrogen) atoms. The van der Waals surface area contributed by atoms with Crippen molar-refractivity contribution in [1.29, 1.82) is 0 Å². The van der Waals surface area contributed by atoms with Gasteiger partial charge in [0.1, 0.15) is 0 Å². The van der Waals surface area contributed by atoms with Gasteiger partial charge in [0.05, 0.1) is 6.20 Å². The molecule has 0 bridgehead atoms. The first-order chi connectivity index (χ1) is 4.70. The minimum Gasteiger partial charge on any atom is -0.381 e. The van der Waals surface area contributed by atoms with Gasteiger partial charge in [-0.25, -0.2) is 4.98 Å². The summed E-state index contributed by atoms with van der Waals surface area (Å²) in [6.07, 6.45) is 1.52. The second-order valence-electron chi connectivity index (χ2n) is 2.40. The molecule has 1 rings (SSSR count). The van der Waals surface area contributed by atoms with E-state index in [-0.39, 0.29) is 0 Å². The third-order valence-corrected chi connectivity index (χ3v) is 1.11. The van der Waals surface area contributed by atoms with Crippen LogP contribution in [0.4, 0.5) is 5.82 Å². The molecule has 4 nitrogen and oxygen atoms in total. The fraction of sp³-hybridized carbons (Fsp3) is 0.500. The number of hydrogen-bond donors (Lipinski definition) is 1. The lowest BCUT2D eigenvalue weighted by Crippen LogP contribution is -2.01. The van der Waals surface area contributed by atoms with Crippen molar-refractivity contribution in [3.8, 4) is 0 Å². The molecule has 2 N–H and O–H groups in total. The van der Waals surface area contributed by atoms with Crippen LogP contribution < -0.4 is 5.73 Å². The van der Waals surface area contributed by atoms with Gasteiger partial charge in [-0.3, -0.25) is 0 Å². The van der Waals surface area contributed by atoms with E-state index in [1.165, 1.54) is 6.20 Å². The molecule has 54 valence electrons. The summed E-state index contributed by atoms with van der Waals surface area (Å²) in [4.78, 5) is 3.98. The lowest BCUT2D eigenvalue weighted by molar-refractivity contribution is 0.738.